The van der Waals surface area contributed by atoms with Gasteiger partial charge in [-0.15, -0.1) is 0 Å². The van der Waals surface area contributed by atoms with E-state index in [0.29, 0.717) is 36.5 Å². The summed E-state index contributed by atoms with van der Waals surface area (Å²) in [6.07, 6.45) is 0.997. The number of alkyl carbamates (subject to hydrolysis) is 1. The molecular formula is C19H27ClNNaO6. The molecule has 7 nitrogen and oxygen atoms in total. The molecule has 152 valence electrons. The molecule has 0 saturated heterocycles. The van der Waals surface area contributed by atoms with Crippen LogP contribution >= 0.6 is 11.6 Å². The predicted molar refractivity (Wildman–Crippen MR) is 108 cm³/mol. The van der Waals surface area contributed by atoms with Crippen LogP contribution in [0.1, 0.15) is 52.4 Å². The van der Waals surface area contributed by atoms with Crippen LogP contribution in [0.2, 0.25) is 5.02 Å². The van der Waals surface area contributed by atoms with Crippen LogP contribution in [0.25, 0.3) is 0 Å². The number of carbonyl (C=O) groups is 3. The third-order valence-corrected chi connectivity index (χ3v) is 3.60. The van der Waals surface area contributed by atoms with Crippen LogP contribution in [0, 0.1) is 0 Å². The van der Waals surface area contributed by atoms with Crippen molar-refractivity contribution in [2.45, 2.75) is 58.7 Å². The Labute approximate surface area is 192 Å². The zero-order valence-electron chi connectivity index (χ0n) is 15.7. The zero-order chi connectivity index (χ0) is 20.1. The Balaban J connectivity index is 0.00000729. The van der Waals surface area contributed by atoms with E-state index >= 15 is 0 Å². The van der Waals surface area contributed by atoms with E-state index in [1.54, 1.807) is 24.3 Å². The quantitative estimate of drug-likeness (QED) is 0.192. The van der Waals surface area contributed by atoms with Gasteiger partial charge in [0, 0.05) is 30.8 Å². The van der Waals surface area contributed by atoms with Gasteiger partial charge in [0.15, 0.2) is 0 Å². The van der Waals surface area contributed by atoms with Crippen LogP contribution in [-0.4, -0.2) is 60.4 Å². The molecule has 0 bridgehead atoms. The third kappa shape index (κ3) is 12.2. The van der Waals surface area contributed by atoms with Crippen LogP contribution < -0.4 is 10.1 Å². The fourth-order valence-corrected chi connectivity index (χ4v) is 2.18. The molecule has 0 aliphatic heterocycles. The van der Waals surface area contributed by atoms with Crippen molar-refractivity contribution in [2.24, 2.45) is 0 Å². The molecule has 9 heteroatoms. The topological polar surface area (TPSA) is 90.9 Å². The van der Waals surface area contributed by atoms with E-state index in [1.807, 2.05) is 13.8 Å². The Morgan fingerprint density at radius 2 is 1.68 bits per heavy atom. The summed E-state index contributed by atoms with van der Waals surface area (Å²) in [6.45, 7) is 3.99. The average Bonchev–Trinajstić information content (AvgIpc) is 2.61. The van der Waals surface area contributed by atoms with Crippen LogP contribution in [-0.2, 0) is 19.1 Å². The molecule has 1 aromatic carbocycles. The van der Waals surface area contributed by atoms with Crippen LogP contribution in [0.5, 0.6) is 5.75 Å². The Morgan fingerprint density at radius 1 is 1.00 bits per heavy atom. The molecule has 0 heterocycles. The van der Waals surface area contributed by atoms with Crippen molar-refractivity contribution in [3.8, 4) is 5.75 Å². The van der Waals surface area contributed by atoms with Crippen LogP contribution in [0.3, 0.4) is 0 Å². The van der Waals surface area contributed by atoms with Crippen molar-refractivity contribution < 1.29 is 28.6 Å². The number of hydrogen-bond acceptors (Lipinski definition) is 6. The summed E-state index contributed by atoms with van der Waals surface area (Å²) >= 11 is 5.76. The van der Waals surface area contributed by atoms with Crippen molar-refractivity contribution in [1.82, 2.24) is 5.32 Å². The standard InChI is InChI=1S/C19H26ClNO6.Na.H/c1-3-6-16(22)26-18(7-4-2)27-19(24)21-13-5-8-17(23)25-15-11-9-14(20)10-12-15;;/h9-12,18H,3-8,13H2,1-2H3,(H,21,24);;. The molecule has 0 fully saturated rings. The van der Waals surface area contributed by atoms with Crippen LogP contribution in [0.4, 0.5) is 4.79 Å². The number of nitrogens with one attached hydrogen (secondary N) is 1. The van der Waals surface area contributed by atoms with Crippen molar-refractivity contribution in [3.05, 3.63) is 29.3 Å². The molecule has 1 amide bonds. The minimum absolute atomic E-state index is 0. The molecule has 0 aromatic heterocycles. The van der Waals surface area contributed by atoms with Gasteiger partial charge in [0.1, 0.15) is 5.75 Å². The van der Waals surface area contributed by atoms with Gasteiger partial charge < -0.3 is 19.5 Å². The van der Waals surface area contributed by atoms with Gasteiger partial charge in [-0.2, -0.15) is 0 Å². The minimum atomic E-state index is -0.899. The first kappa shape index (κ1) is 26.7. The van der Waals surface area contributed by atoms with Gasteiger partial charge in [-0.3, -0.25) is 9.59 Å². The molecule has 1 rings (SSSR count). The maximum absolute atomic E-state index is 11.8. The Kier molecular flexibility index (Phi) is 14.9. The maximum atomic E-state index is 11.8. The molecule has 28 heavy (non-hydrogen) atoms. The fourth-order valence-electron chi connectivity index (χ4n) is 2.06. The van der Waals surface area contributed by atoms with E-state index in [4.69, 9.17) is 25.8 Å². The summed E-state index contributed by atoms with van der Waals surface area (Å²) < 4.78 is 15.4. The summed E-state index contributed by atoms with van der Waals surface area (Å²) in [4.78, 5) is 35.0. The van der Waals surface area contributed by atoms with E-state index in [0.717, 1.165) is 0 Å². The Hall–Kier alpha value is -1.28. The van der Waals surface area contributed by atoms with E-state index in [2.05, 4.69) is 5.32 Å². The summed E-state index contributed by atoms with van der Waals surface area (Å²) in [7, 11) is 0. The molecule has 0 saturated carbocycles. The predicted octanol–water partition coefficient (Wildman–Crippen LogP) is 3.57. The second kappa shape index (κ2) is 15.6. The summed E-state index contributed by atoms with van der Waals surface area (Å²) in [6, 6.07) is 6.46. The van der Waals surface area contributed by atoms with Gasteiger partial charge in [0.05, 0.1) is 0 Å². The number of benzene rings is 1. The molecular weight excluding hydrogens is 397 g/mol. The second-order valence-electron chi connectivity index (χ2n) is 5.82. The van der Waals surface area contributed by atoms with Crippen molar-refractivity contribution in [3.63, 3.8) is 0 Å². The van der Waals surface area contributed by atoms with Gasteiger partial charge in [-0.05, 0) is 43.5 Å². The van der Waals surface area contributed by atoms with E-state index in [-0.39, 0.29) is 48.9 Å². The molecule has 0 aliphatic carbocycles. The third-order valence-electron chi connectivity index (χ3n) is 3.35. The summed E-state index contributed by atoms with van der Waals surface area (Å²) in [5, 5.41) is 3.08. The number of rotatable bonds is 11. The first-order chi connectivity index (χ1) is 12.9. The second-order valence-corrected chi connectivity index (χ2v) is 6.26. The Morgan fingerprint density at radius 3 is 2.29 bits per heavy atom. The summed E-state index contributed by atoms with van der Waals surface area (Å²) in [5.41, 5.74) is 0. The number of esters is 2. The van der Waals surface area contributed by atoms with Crippen molar-refractivity contribution in [1.29, 1.82) is 0 Å². The SMILES string of the molecule is CCCC(=O)OC(CCC)OC(=O)NCCCC(=O)Oc1ccc(Cl)cc1.[NaH]. The van der Waals surface area contributed by atoms with Crippen LogP contribution in [0.15, 0.2) is 24.3 Å². The molecule has 0 spiro atoms. The fraction of sp³-hybridized carbons (Fsp3) is 0.526. The average molecular weight is 424 g/mol. The van der Waals surface area contributed by atoms with Gasteiger partial charge in [0.25, 0.3) is 0 Å². The monoisotopic (exact) mass is 423 g/mol. The van der Waals surface area contributed by atoms with E-state index in [1.165, 1.54) is 0 Å². The number of ether oxygens (including phenoxy) is 3. The number of carbonyl (C=O) groups excluding carboxylic acids is 3. The Bertz CT molecular complexity index is 611. The summed E-state index contributed by atoms with van der Waals surface area (Å²) in [5.74, 6) is -0.397. The normalized spacial score (nSPS) is 11.0. The van der Waals surface area contributed by atoms with Gasteiger partial charge >= 0.3 is 47.6 Å². The molecule has 1 aromatic rings. The first-order valence-electron chi connectivity index (χ1n) is 9.04. The first-order valence-corrected chi connectivity index (χ1v) is 9.42. The number of amides is 1. The molecule has 1 unspecified atom stereocenters. The zero-order valence-corrected chi connectivity index (χ0v) is 16.4. The van der Waals surface area contributed by atoms with Gasteiger partial charge in [-0.25, -0.2) is 4.79 Å². The van der Waals surface area contributed by atoms with Crippen molar-refractivity contribution in [2.75, 3.05) is 6.54 Å². The molecule has 1 atom stereocenters. The number of halogens is 1. The molecule has 0 radical (unpaired) electrons. The van der Waals surface area contributed by atoms with E-state index in [9.17, 15) is 14.4 Å². The number of hydrogen-bond donors (Lipinski definition) is 1. The molecule has 1 N–H and O–H groups in total. The van der Waals surface area contributed by atoms with Crippen molar-refractivity contribution >= 4 is 59.2 Å². The van der Waals surface area contributed by atoms with Gasteiger partial charge in [-0.1, -0.05) is 25.4 Å². The van der Waals surface area contributed by atoms with E-state index < -0.39 is 24.3 Å². The molecule has 0 aliphatic rings. The van der Waals surface area contributed by atoms with Gasteiger partial charge in [0.2, 0.25) is 6.29 Å².